The Morgan fingerprint density at radius 3 is 2.59 bits per heavy atom. The van der Waals surface area contributed by atoms with Crippen LogP contribution in [-0.4, -0.2) is 9.97 Å². The molecule has 1 aromatic carbocycles. The lowest BCUT2D eigenvalue weighted by Gasteiger charge is -2.08. The Hall–Kier alpha value is -1.32. The van der Waals surface area contributed by atoms with Crippen LogP contribution in [0.1, 0.15) is 12.5 Å². The summed E-state index contributed by atoms with van der Waals surface area (Å²) >= 11 is 11.9. The van der Waals surface area contributed by atoms with E-state index in [1.54, 1.807) is 6.07 Å². The second-order valence-electron chi connectivity index (χ2n) is 3.59. The topological polar surface area (TPSA) is 51.8 Å². The summed E-state index contributed by atoms with van der Waals surface area (Å²) in [6.45, 7) is 2.07. The van der Waals surface area contributed by atoms with Crippen LogP contribution in [0, 0.1) is 0 Å². The molecular formula is C12H11Cl2N3. The molecule has 0 atom stereocenters. The maximum atomic E-state index is 6.00. The number of aryl methyl sites for hydroxylation is 1. The van der Waals surface area contributed by atoms with E-state index in [1.807, 2.05) is 18.2 Å². The zero-order valence-electron chi connectivity index (χ0n) is 9.24. The van der Waals surface area contributed by atoms with Crippen molar-refractivity contribution in [2.45, 2.75) is 13.3 Å². The number of nitrogens with zero attached hydrogens (tertiary/aromatic N) is 2. The number of nitrogen functional groups attached to an aromatic ring is 1. The average Bonchev–Trinajstić information content (AvgIpc) is 2.27. The van der Waals surface area contributed by atoms with Gasteiger partial charge in [0.2, 0.25) is 5.95 Å². The average molecular weight is 268 g/mol. The molecule has 1 heterocycles. The molecule has 2 aromatic rings. The minimum Gasteiger partial charge on any atom is -0.368 e. The number of rotatable bonds is 2. The van der Waals surface area contributed by atoms with Gasteiger partial charge >= 0.3 is 0 Å². The van der Waals surface area contributed by atoms with E-state index in [2.05, 4.69) is 16.9 Å². The smallest absolute Gasteiger partial charge is 0.221 e. The van der Waals surface area contributed by atoms with Crippen LogP contribution in [0.5, 0.6) is 0 Å². The summed E-state index contributed by atoms with van der Waals surface area (Å²) in [6, 6.07) is 7.38. The Balaban J connectivity index is 2.62. The standard InChI is InChI=1S/C12H11Cl2N3/c1-2-7-3-4-8(13)5-9(7)10-6-11(14)17-12(15)16-10/h3-6H,2H2,1H3,(H2,15,16,17). The molecule has 0 unspecified atom stereocenters. The van der Waals surface area contributed by atoms with E-state index in [0.717, 1.165) is 17.5 Å². The van der Waals surface area contributed by atoms with Crippen molar-refractivity contribution >= 4 is 29.2 Å². The number of anilines is 1. The Morgan fingerprint density at radius 2 is 1.94 bits per heavy atom. The van der Waals surface area contributed by atoms with Gasteiger partial charge in [-0.15, -0.1) is 0 Å². The minimum absolute atomic E-state index is 0.162. The first kappa shape index (κ1) is 12.1. The molecule has 0 aliphatic carbocycles. The summed E-state index contributed by atoms with van der Waals surface area (Å²) < 4.78 is 0. The van der Waals surface area contributed by atoms with Crippen molar-refractivity contribution in [3.05, 3.63) is 40.0 Å². The van der Waals surface area contributed by atoms with E-state index < -0.39 is 0 Å². The summed E-state index contributed by atoms with van der Waals surface area (Å²) in [5, 5.41) is 0.986. The van der Waals surface area contributed by atoms with Gasteiger partial charge < -0.3 is 5.73 Å². The monoisotopic (exact) mass is 267 g/mol. The molecule has 1 aromatic heterocycles. The molecule has 0 radical (unpaired) electrons. The van der Waals surface area contributed by atoms with Crippen LogP contribution >= 0.6 is 23.2 Å². The van der Waals surface area contributed by atoms with Gasteiger partial charge in [0.05, 0.1) is 5.69 Å². The van der Waals surface area contributed by atoms with Crippen LogP contribution in [0.15, 0.2) is 24.3 Å². The predicted octanol–water partition coefficient (Wildman–Crippen LogP) is 3.60. The van der Waals surface area contributed by atoms with Crippen molar-refractivity contribution in [1.82, 2.24) is 9.97 Å². The van der Waals surface area contributed by atoms with Gasteiger partial charge in [-0.3, -0.25) is 0 Å². The van der Waals surface area contributed by atoms with Crippen molar-refractivity contribution in [2.24, 2.45) is 0 Å². The van der Waals surface area contributed by atoms with Gasteiger partial charge in [-0.05, 0) is 24.1 Å². The number of benzene rings is 1. The maximum Gasteiger partial charge on any atom is 0.221 e. The summed E-state index contributed by atoms with van der Waals surface area (Å²) in [6.07, 6.45) is 0.883. The second kappa shape index (κ2) is 4.90. The fraction of sp³-hybridized carbons (Fsp3) is 0.167. The highest BCUT2D eigenvalue weighted by Crippen LogP contribution is 2.27. The van der Waals surface area contributed by atoms with E-state index in [9.17, 15) is 0 Å². The van der Waals surface area contributed by atoms with E-state index in [0.29, 0.717) is 15.9 Å². The zero-order valence-corrected chi connectivity index (χ0v) is 10.8. The van der Waals surface area contributed by atoms with Gasteiger partial charge in [0.25, 0.3) is 0 Å². The molecule has 5 heteroatoms. The van der Waals surface area contributed by atoms with E-state index in [4.69, 9.17) is 28.9 Å². The number of nitrogens with two attached hydrogens (primary N) is 1. The van der Waals surface area contributed by atoms with Gasteiger partial charge in [0.1, 0.15) is 5.15 Å². The molecule has 2 N–H and O–H groups in total. The Kier molecular flexibility index (Phi) is 3.50. The first-order chi connectivity index (χ1) is 8.10. The van der Waals surface area contributed by atoms with Gasteiger partial charge in [-0.2, -0.15) is 0 Å². The third-order valence-electron chi connectivity index (χ3n) is 2.44. The summed E-state index contributed by atoms with van der Waals surface area (Å²) in [7, 11) is 0. The van der Waals surface area contributed by atoms with Crippen LogP contribution in [0.25, 0.3) is 11.3 Å². The van der Waals surface area contributed by atoms with Crippen LogP contribution in [0.3, 0.4) is 0 Å². The summed E-state index contributed by atoms with van der Waals surface area (Å²) in [4.78, 5) is 8.01. The third kappa shape index (κ3) is 2.68. The second-order valence-corrected chi connectivity index (χ2v) is 4.41. The SMILES string of the molecule is CCc1ccc(Cl)cc1-c1cc(Cl)nc(N)n1. The fourth-order valence-electron chi connectivity index (χ4n) is 1.67. The largest absolute Gasteiger partial charge is 0.368 e. The minimum atomic E-state index is 0.162. The van der Waals surface area contributed by atoms with Crippen LogP contribution in [-0.2, 0) is 6.42 Å². The van der Waals surface area contributed by atoms with Crippen LogP contribution in [0.4, 0.5) is 5.95 Å². The van der Waals surface area contributed by atoms with Crippen molar-refractivity contribution in [3.63, 3.8) is 0 Å². The molecule has 3 nitrogen and oxygen atoms in total. The lowest BCUT2D eigenvalue weighted by atomic mass is 10.0. The molecule has 88 valence electrons. The summed E-state index contributed by atoms with van der Waals surface area (Å²) in [5.41, 5.74) is 8.37. The highest BCUT2D eigenvalue weighted by atomic mass is 35.5. The Bertz CT molecular complexity index is 535. The number of aromatic nitrogens is 2. The molecule has 0 spiro atoms. The van der Waals surface area contributed by atoms with Gasteiger partial charge in [0.15, 0.2) is 0 Å². The number of hydrogen-bond donors (Lipinski definition) is 1. The Morgan fingerprint density at radius 1 is 1.18 bits per heavy atom. The van der Waals surface area contributed by atoms with Gasteiger partial charge in [-0.1, -0.05) is 36.2 Å². The molecule has 0 amide bonds. The van der Waals surface area contributed by atoms with E-state index >= 15 is 0 Å². The van der Waals surface area contributed by atoms with E-state index in [1.165, 1.54) is 0 Å². The lowest BCUT2D eigenvalue weighted by molar-refractivity contribution is 1.12. The number of hydrogen-bond acceptors (Lipinski definition) is 3. The first-order valence-electron chi connectivity index (χ1n) is 5.19. The predicted molar refractivity (Wildman–Crippen MR) is 71.3 cm³/mol. The first-order valence-corrected chi connectivity index (χ1v) is 5.94. The number of halogens is 2. The molecule has 0 aliphatic rings. The zero-order chi connectivity index (χ0) is 12.4. The third-order valence-corrected chi connectivity index (χ3v) is 2.87. The normalized spacial score (nSPS) is 10.5. The molecule has 17 heavy (non-hydrogen) atoms. The molecule has 0 bridgehead atoms. The van der Waals surface area contributed by atoms with Crippen molar-refractivity contribution < 1.29 is 0 Å². The highest BCUT2D eigenvalue weighted by Gasteiger charge is 2.08. The molecule has 0 fully saturated rings. The van der Waals surface area contributed by atoms with Crippen LogP contribution < -0.4 is 5.73 Å². The lowest BCUT2D eigenvalue weighted by Crippen LogP contribution is -1.98. The molecular weight excluding hydrogens is 257 g/mol. The van der Waals surface area contributed by atoms with Crippen molar-refractivity contribution in [3.8, 4) is 11.3 Å². The highest BCUT2D eigenvalue weighted by molar-refractivity contribution is 6.31. The fourth-order valence-corrected chi connectivity index (χ4v) is 2.03. The van der Waals surface area contributed by atoms with Gasteiger partial charge in [-0.25, -0.2) is 9.97 Å². The molecule has 0 saturated heterocycles. The van der Waals surface area contributed by atoms with Crippen LogP contribution in [0.2, 0.25) is 10.2 Å². The quantitative estimate of drug-likeness (QED) is 0.846. The Labute approximate surface area is 110 Å². The molecule has 0 saturated carbocycles. The molecule has 2 rings (SSSR count). The van der Waals surface area contributed by atoms with Gasteiger partial charge in [0, 0.05) is 16.7 Å². The molecule has 0 aliphatic heterocycles. The van der Waals surface area contributed by atoms with Crippen molar-refractivity contribution in [2.75, 3.05) is 5.73 Å². The van der Waals surface area contributed by atoms with Crippen molar-refractivity contribution in [1.29, 1.82) is 0 Å². The maximum absolute atomic E-state index is 6.00. The van der Waals surface area contributed by atoms with E-state index in [-0.39, 0.29) is 5.95 Å². The summed E-state index contributed by atoms with van der Waals surface area (Å²) in [5.74, 6) is 0.162.